The first-order valence-corrected chi connectivity index (χ1v) is 8.74. The first kappa shape index (κ1) is 19.4. The molecule has 0 fully saturated rings. The number of carboxylic acids is 1. The number of sulfonamides is 1. The minimum Gasteiger partial charge on any atom is -0.480 e. The molecule has 1 rings (SSSR count). The van der Waals surface area contributed by atoms with Crippen LogP contribution in [-0.4, -0.2) is 49.3 Å². The summed E-state index contributed by atoms with van der Waals surface area (Å²) in [6, 6.07) is 4.51. The van der Waals surface area contributed by atoms with Gasteiger partial charge in [0.25, 0.3) is 0 Å². The molecule has 1 aromatic rings. The van der Waals surface area contributed by atoms with E-state index in [1.807, 2.05) is 0 Å². The molecule has 1 atom stereocenters. The Balaban J connectivity index is 2.77. The Morgan fingerprint density at radius 1 is 1.30 bits per heavy atom. The summed E-state index contributed by atoms with van der Waals surface area (Å²) in [6.07, 6.45) is 0.852. The molecule has 0 heterocycles. The molecule has 0 aliphatic heterocycles. The number of benzene rings is 1. The molecule has 0 aliphatic rings. The van der Waals surface area contributed by atoms with Gasteiger partial charge in [0.1, 0.15) is 6.04 Å². The summed E-state index contributed by atoms with van der Waals surface area (Å²) in [7, 11) is -2.60. The van der Waals surface area contributed by atoms with E-state index in [0.29, 0.717) is 11.4 Å². The summed E-state index contributed by atoms with van der Waals surface area (Å²) >= 11 is 5.71. The number of amides is 1. The minimum atomic E-state index is -3.85. The summed E-state index contributed by atoms with van der Waals surface area (Å²) in [5.74, 6) is -1.82. The highest BCUT2D eigenvalue weighted by molar-refractivity contribution is 7.89. The van der Waals surface area contributed by atoms with Crippen LogP contribution in [0, 0.1) is 0 Å². The van der Waals surface area contributed by atoms with Crippen molar-refractivity contribution in [3.8, 4) is 0 Å². The lowest BCUT2D eigenvalue weighted by Gasteiger charge is -2.19. The molecular formula is C14H19ClN2O5S. The van der Waals surface area contributed by atoms with Gasteiger partial charge in [0, 0.05) is 12.1 Å². The Labute approximate surface area is 140 Å². The average Bonchev–Trinajstić information content (AvgIpc) is 2.47. The Bertz CT molecular complexity index is 660. The van der Waals surface area contributed by atoms with E-state index in [9.17, 15) is 18.0 Å². The fourth-order valence-electron chi connectivity index (χ4n) is 1.86. The molecule has 0 spiro atoms. The summed E-state index contributed by atoms with van der Waals surface area (Å²) in [4.78, 5) is 22.9. The van der Waals surface area contributed by atoms with Gasteiger partial charge >= 0.3 is 5.97 Å². The largest absolute Gasteiger partial charge is 0.480 e. The topological polar surface area (TPSA) is 104 Å². The number of hydrogen-bond acceptors (Lipinski definition) is 4. The molecule has 1 amide bonds. The number of aliphatic carboxylic acids is 1. The van der Waals surface area contributed by atoms with Gasteiger partial charge in [0.05, 0.1) is 11.4 Å². The van der Waals surface area contributed by atoms with Crippen molar-refractivity contribution in [2.24, 2.45) is 0 Å². The second kappa shape index (κ2) is 8.28. The standard InChI is InChI=1S/C14H19ClN2O5S/c1-3-4-12(14(19)20)16-13(18)9-17(2)23(21,22)11-7-5-10(15)6-8-11/h5-8,12H,3-4,9H2,1-2H3,(H,16,18)(H,19,20). The van der Waals surface area contributed by atoms with Gasteiger partial charge in [-0.05, 0) is 30.7 Å². The number of carbonyl (C=O) groups is 2. The predicted octanol–water partition coefficient (Wildman–Crippen LogP) is 1.33. The predicted molar refractivity (Wildman–Crippen MR) is 85.7 cm³/mol. The summed E-state index contributed by atoms with van der Waals surface area (Å²) in [6.45, 7) is 1.32. The number of carbonyl (C=O) groups excluding carboxylic acids is 1. The molecule has 2 N–H and O–H groups in total. The number of nitrogens with zero attached hydrogens (tertiary/aromatic N) is 1. The maximum absolute atomic E-state index is 12.3. The van der Waals surface area contributed by atoms with Crippen LogP contribution in [-0.2, 0) is 19.6 Å². The van der Waals surface area contributed by atoms with E-state index in [2.05, 4.69) is 5.32 Å². The molecule has 0 aromatic heterocycles. The lowest BCUT2D eigenvalue weighted by Crippen LogP contribution is -2.45. The number of likely N-dealkylation sites (N-methyl/N-ethyl adjacent to an activating group) is 1. The first-order valence-electron chi connectivity index (χ1n) is 6.92. The van der Waals surface area contributed by atoms with Crippen LogP contribution in [0.2, 0.25) is 5.02 Å². The zero-order valence-electron chi connectivity index (χ0n) is 12.8. The van der Waals surface area contributed by atoms with Crippen molar-refractivity contribution in [3.63, 3.8) is 0 Å². The quantitative estimate of drug-likeness (QED) is 0.726. The lowest BCUT2D eigenvalue weighted by atomic mass is 10.2. The van der Waals surface area contributed by atoms with Gasteiger partial charge in [-0.1, -0.05) is 24.9 Å². The van der Waals surface area contributed by atoms with E-state index >= 15 is 0 Å². The number of hydrogen-bond donors (Lipinski definition) is 2. The van der Waals surface area contributed by atoms with E-state index in [-0.39, 0.29) is 11.3 Å². The van der Waals surface area contributed by atoms with Gasteiger partial charge in [0.15, 0.2) is 0 Å². The summed E-state index contributed by atoms with van der Waals surface area (Å²) in [5, 5.41) is 11.7. The summed E-state index contributed by atoms with van der Waals surface area (Å²) in [5.41, 5.74) is 0. The number of carboxylic acid groups (broad SMARTS) is 1. The zero-order valence-corrected chi connectivity index (χ0v) is 14.4. The molecule has 0 bridgehead atoms. The fraction of sp³-hybridized carbons (Fsp3) is 0.429. The third kappa shape index (κ3) is 5.49. The van der Waals surface area contributed by atoms with Crippen LogP contribution >= 0.6 is 11.6 Å². The highest BCUT2D eigenvalue weighted by atomic mass is 35.5. The average molecular weight is 363 g/mol. The second-order valence-electron chi connectivity index (χ2n) is 4.96. The Morgan fingerprint density at radius 3 is 2.35 bits per heavy atom. The normalized spacial score (nSPS) is 12.9. The van der Waals surface area contributed by atoms with Gasteiger partial charge in [-0.2, -0.15) is 4.31 Å². The zero-order chi connectivity index (χ0) is 17.6. The molecule has 23 heavy (non-hydrogen) atoms. The van der Waals surface area contributed by atoms with Crippen LogP contribution in [0.5, 0.6) is 0 Å². The molecule has 9 heteroatoms. The SMILES string of the molecule is CCCC(NC(=O)CN(C)S(=O)(=O)c1ccc(Cl)cc1)C(=O)O. The van der Waals surface area contributed by atoms with Crippen molar-refractivity contribution in [2.45, 2.75) is 30.7 Å². The van der Waals surface area contributed by atoms with Crippen LogP contribution < -0.4 is 5.32 Å². The number of halogens is 1. The Kier molecular flexibility index (Phi) is 6.99. The molecule has 0 radical (unpaired) electrons. The van der Waals surface area contributed by atoms with Gasteiger partial charge < -0.3 is 10.4 Å². The highest BCUT2D eigenvalue weighted by Crippen LogP contribution is 2.17. The molecule has 0 aliphatic carbocycles. The maximum Gasteiger partial charge on any atom is 0.326 e. The van der Waals surface area contributed by atoms with Gasteiger partial charge in [-0.15, -0.1) is 0 Å². The van der Waals surface area contributed by atoms with Crippen LogP contribution in [0.4, 0.5) is 0 Å². The molecule has 128 valence electrons. The summed E-state index contributed by atoms with van der Waals surface area (Å²) < 4.78 is 25.5. The smallest absolute Gasteiger partial charge is 0.326 e. The van der Waals surface area contributed by atoms with Gasteiger partial charge in [-0.25, -0.2) is 13.2 Å². The Hall–Kier alpha value is -1.64. The molecule has 7 nitrogen and oxygen atoms in total. The van der Waals surface area contributed by atoms with E-state index in [1.165, 1.54) is 31.3 Å². The third-order valence-electron chi connectivity index (χ3n) is 3.10. The lowest BCUT2D eigenvalue weighted by molar-refractivity contribution is -0.142. The molecular weight excluding hydrogens is 344 g/mol. The van der Waals surface area contributed by atoms with Gasteiger partial charge in [-0.3, -0.25) is 4.79 Å². The van der Waals surface area contributed by atoms with Crippen molar-refractivity contribution < 1.29 is 23.1 Å². The molecule has 0 saturated heterocycles. The van der Waals surface area contributed by atoms with Crippen LogP contribution in [0.1, 0.15) is 19.8 Å². The highest BCUT2D eigenvalue weighted by Gasteiger charge is 2.25. The van der Waals surface area contributed by atoms with Crippen LogP contribution in [0.15, 0.2) is 29.2 Å². The van der Waals surface area contributed by atoms with E-state index < -0.39 is 34.5 Å². The molecule has 1 unspecified atom stereocenters. The van der Waals surface area contributed by atoms with Crippen molar-refractivity contribution in [3.05, 3.63) is 29.3 Å². The second-order valence-corrected chi connectivity index (χ2v) is 7.44. The van der Waals surface area contributed by atoms with Crippen molar-refractivity contribution >= 4 is 33.5 Å². The third-order valence-corrected chi connectivity index (χ3v) is 5.17. The fourth-order valence-corrected chi connectivity index (χ4v) is 3.11. The van der Waals surface area contributed by atoms with E-state index in [1.54, 1.807) is 6.92 Å². The number of rotatable bonds is 8. The molecule has 0 saturated carbocycles. The first-order chi connectivity index (χ1) is 10.7. The van der Waals surface area contributed by atoms with Crippen molar-refractivity contribution in [2.75, 3.05) is 13.6 Å². The van der Waals surface area contributed by atoms with Crippen molar-refractivity contribution in [1.29, 1.82) is 0 Å². The van der Waals surface area contributed by atoms with E-state index in [4.69, 9.17) is 16.7 Å². The number of nitrogens with one attached hydrogen (secondary N) is 1. The minimum absolute atomic E-state index is 0.000503. The van der Waals surface area contributed by atoms with Crippen LogP contribution in [0.25, 0.3) is 0 Å². The monoisotopic (exact) mass is 362 g/mol. The van der Waals surface area contributed by atoms with Gasteiger partial charge in [0.2, 0.25) is 15.9 Å². The van der Waals surface area contributed by atoms with E-state index in [0.717, 1.165) is 4.31 Å². The molecule has 1 aromatic carbocycles. The van der Waals surface area contributed by atoms with Crippen LogP contribution in [0.3, 0.4) is 0 Å². The van der Waals surface area contributed by atoms with Crippen molar-refractivity contribution in [1.82, 2.24) is 9.62 Å². The maximum atomic E-state index is 12.3. The Morgan fingerprint density at radius 2 is 1.87 bits per heavy atom.